The van der Waals surface area contributed by atoms with Gasteiger partial charge in [-0.15, -0.1) is 0 Å². The second-order valence-corrected chi connectivity index (χ2v) is 6.19. The lowest BCUT2D eigenvalue weighted by molar-refractivity contribution is 0.542. The van der Waals surface area contributed by atoms with Crippen molar-refractivity contribution < 1.29 is 4.39 Å². The summed E-state index contributed by atoms with van der Waals surface area (Å²) < 4.78 is 14.0. The van der Waals surface area contributed by atoms with Gasteiger partial charge in [0.25, 0.3) is 0 Å². The average Bonchev–Trinajstić information content (AvgIpc) is 2.21. The lowest BCUT2D eigenvalue weighted by Crippen LogP contribution is -2.31. The molecule has 0 aliphatic rings. The summed E-state index contributed by atoms with van der Waals surface area (Å²) in [7, 11) is 0. The molecule has 1 aromatic carbocycles. The van der Waals surface area contributed by atoms with Crippen LogP contribution in [0.3, 0.4) is 0 Å². The number of rotatable bonds is 5. The Morgan fingerprint density at radius 3 is 2.47 bits per heavy atom. The van der Waals surface area contributed by atoms with E-state index in [1.165, 1.54) is 0 Å². The summed E-state index contributed by atoms with van der Waals surface area (Å²) in [5.74, 6) is 6.14. The minimum absolute atomic E-state index is 0.136. The maximum atomic E-state index is 14.0. The third-order valence-corrected chi connectivity index (χ3v) is 3.82. The predicted octanol–water partition coefficient (Wildman–Crippen LogP) is 3.09. The summed E-state index contributed by atoms with van der Waals surface area (Å²) in [5, 5.41) is 0.514. The van der Waals surface area contributed by atoms with Crippen molar-refractivity contribution in [1.82, 2.24) is 5.43 Å². The largest absolute Gasteiger partial charge is 0.271 e. The number of nitrogens with two attached hydrogens (primary N) is 1. The van der Waals surface area contributed by atoms with Gasteiger partial charge < -0.3 is 0 Å². The molecule has 4 heteroatoms. The number of hydrogen-bond donors (Lipinski definition) is 2. The molecule has 0 fully saturated rings. The smallest absolute Gasteiger partial charge is 0.128 e. The fourth-order valence-corrected chi connectivity index (χ4v) is 2.71. The zero-order valence-electron chi connectivity index (χ0n) is 10.9. The van der Waals surface area contributed by atoms with Crippen LogP contribution in [0.2, 0.25) is 0 Å². The fraction of sp³-hybridized carbons (Fsp3) is 0.538. The second kappa shape index (κ2) is 6.38. The Morgan fingerprint density at radius 2 is 2.00 bits per heavy atom. The molecular formula is C13H21FN2S. The first-order valence-corrected chi connectivity index (χ1v) is 6.85. The molecule has 0 aliphatic carbocycles. The van der Waals surface area contributed by atoms with Crippen LogP contribution in [0.5, 0.6) is 0 Å². The molecule has 0 spiro atoms. The van der Waals surface area contributed by atoms with Crippen LogP contribution in [-0.4, -0.2) is 11.0 Å². The van der Waals surface area contributed by atoms with Gasteiger partial charge in [0.05, 0.1) is 6.04 Å². The minimum atomic E-state index is -0.171. The van der Waals surface area contributed by atoms with E-state index in [0.29, 0.717) is 10.8 Å². The second-order valence-electron chi connectivity index (χ2n) is 4.58. The minimum Gasteiger partial charge on any atom is -0.271 e. The molecule has 0 aromatic heterocycles. The number of hydrazine groups is 1. The molecule has 0 radical (unpaired) electrons. The first kappa shape index (κ1) is 14.5. The molecule has 1 aromatic rings. The lowest BCUT2D eigenvalue weighted by Gasteiger charge is -2.20. The molecular weight excluding hydrogens is 235 g/mol. The van der Waals surface area contributed by atoms with Gasteiger partial charge in [0, 0.05) is 11.3 Å². The van der Waals surface area contributed by atoms with Crippen LogP contribution < -0.4 is 11.3 Å². The highest BCUT2D eigenvalue weighted by Gasteiger charge is 2.17. The summed E-state index contributed by atoms with van der Waals surface area (Å²) in [6.07, 6.45) is 0. The Kier molecular flexibility index (Phi) is 5.43. The molecule has 1 unspecified atom stereocenters. The monoisotopic (exact) mass is 256 g/mol. The van der Waals surface area contributed by atoms with E-state index in [2.05, 4.69) is 19.3 Å². The van der Waals surface area contributed by atoms with E-state index in [0.717, 1.165) is 16.9 Å². The normalized spacial score (nSPS) is 13.1. The third kappa shape index (κ3) is 3.98. The van der Waals surface area contributed by atoms with E-state index in [1.54, 1.807) is 17.8 Å². The summed E-state index contributed by atoms with van der Waals surface area (Å²) in [5.41, 5.74) is 5.29. The number of thioether (sulfide) groups is 1. The molecule has 0 saturated heterocycles. The van der Waals surface area contributed by atoms with Gasteiger partial charge >= 0.3 is 0 Å². The lowest BCUT2D eigenvalue weighted by atomic mass is 10.00. The Hall–Kier alpha value is -0.580. The fourth-order valence-electron chi connectivity index (χ4n) is 1.87. The van der Waals surface area contributed by atoms with Crippen LogP contribution >= 0.6 is 11.8 Å². The Morgan fingerprint density at radius 1 is 1.35 bits per heavy atom. The van der Waals surface area contributed by atoms with Crippen molar-refractivity contribution in [3.63, 3.8) is 0 Å². The van der Waals surface area contributed by atoms with Gasteiger partial charge in [-0.1, -0.05) is 19.9 Å². The number of aryl methyl sites for hydroxylation is 2. The van der Waals surface area contributed by atoms with Crippen molar-refractivity contribution in [2.24, 2.45) is 5.84 Å². The number of nitrogens with one attached hydrogen (secondary N) is 1. The maximum Gasteiger partial charge on any atom is 0.128 e. The van der Waals surface area contributed by atoms with Crippen LogP contribution in [0.1, 0.15) is 36.6 Å². The zero-order valence-corrected chi connectivity index (χ0v) is 11.7. The molecule has 0 saturated carbocycles. The average molecular weight is 256 g/mol. The molecule has 0 bridgehead atoms. The number of benzene rings is 1. The van der Waals surface area contributed by atoms with E-state index in [4.69, 9.17) is 5.84 Å². The van der Waals surface area contributed by atoms with Gasteiger partial charge in [0.15, 0.2) is 0 Å². The summed E-state index contributed by atoms with van der Waals surface area (Å²) >= 11 is 1.77. The van der Waals surface area contributed by atoms with Crippen LogP contribution in [0.15, 0.2) is 12.1 Å². The highest BCUT2D eigenvalue weighted by molar-refractivity contribution is 7.99. The van der Waals surface area contributed by atoms with E-state index in [9.17, 15) is 4.39 Å². The molecule has 96 valence electrons. The predicted molar refractivity (Wildman–Crippen MR) is 73.5 cm³/mol. The Balaban J connectivity index is 2.95. The summed E-state index contributed by atoms with van der Waals surface area (Å²) in [6, 6.07) is 3.41. The molecule has 3 N–H and O–H groups in total. The van der Waals surface area contributed by atoms with Gasteiger partial charge in [0.2, 0.25) is 0 Å². The van der Waals surface area contributed by atoms with Crippen LogP contribution in [-0.2, 0) is 0 Å². The first-order chi connectivity index (χ1) is 7.95. The molecule has 1 atom stereocenters. The van der Waals surface area contributed by atoms with Gasteiger partial charge in [-0.3, -0.25) is 11.3 Å². The van der Waals surface area contributed by atoms with Crippen molar-refractivity contribution in [1.29, 1.82) is 0 Å². The third-order valence-electron chi connectivity index (χ3n) is 2.63. The summed E-state index contributed by atoms with van der Waals surface area (Å²) in [6.45, 7) is 8.07. The van der Waals surface area contributed by atoms with Gasteiger partial charge in [-0.25, -0.2) is 4.39 Å². The Labute approximate surface area is 107 Å². The quantitative estimate of drug-likeness (QED) is 0.628. The molecule has 17 heavy (non-hydrogen) atoms. The van der Waals surface area contributed by atoms with E-state index < -0.39 is 0 Å². The van der Waals surface area contributed by atoms with Gasteiger partial charge in [-0.05, 0) is 36.3 Å². The zero-order chi connectivity index (χ0) is 13.0. The first-order valence-electron chi connectivity index (χ1n) is 5.80. The molecule has 0 aliphatic heterocycles. The molecule has 0 heterocycles. The van der Waals surface area contributed by atoms with Crippen LogP contribution in [0, 0.1) is 19.7 Å². The van der Waals surface area contributed by atoms with Crippen LogP contribution in [0.4, 0.5) is 4.39 Å². The molecule has 1 rings (SSSR count). The van der Waals surface area contributed by atoms with E-state index in [1.807, 2.05) is 19.9 Å². The standard InChI is InChI=1S/C13H21FN2S/c1-8(2)17-7-12(16-15)13-10(4)5-9(3)6-11(13)14/h5-6,8,12,16H,7,15H2,1-4H3. The maximum absolute atomic E-state index is 14.0. The van der Waals surface area contributed by atoms with E-state index in [-0.39, 0.29) is 11.9 Å². The van der Waals surface area contributed by atoms with Gasteiger partial charge in [-0.2, -0.15) is 11.8 Å². The number of halogens is 1. The SMILES string of the molecule is Cc1cc(C)c(C(CSC(C)C)NN)c(F)c1. The highest BCUT2D eigenvalue weighted by atomic mass is 32.2. The van der Waals surface area contributed by atoms with Crippen molar-refractivity contribution in [2.75, 3.05) is 5.75 Å². The van der Waals surface area contributed by atoms with Crippen molar-refractivity contribution in [2.45, 2.75) is 39.0 Å². The van der Waals surface area contributed by atoms with Crippen LogP contribution in [0.25, 0.3) is 0 Å². The number of hydrogen-bond acceptors (Lipinski definition) is 3. The van der Waals surface area contributed by atoms with Crippen molar-refractivity contribution >= 4 is 11.8 Å². The topological polar surface area (TPSA) is 38.0 Å². The van der Waals surface area contributed by atoms with Crippen molar-refractivity contribution in [3.8, 4) is 0 Å². The Bertz CT molecular complexity index is 357. The molecule has 2 nitrogen and oxygen atoms in total. The van der Waals surface area contributed by atoms with E-state index >= 15 is 0 Å². The summed E-state index contributed by atoms with van der Waals surface area (Å²) in [4.78, 5) is 0. The highest BCUT2D eigenvalue weighted by Crippen LogP contribution is 2.26. The molecule has 0 amide bonds. The van der Waals surface area contributed by atoms with Crippen molar-refractivity contribution in [3.05, 3.63) is 34.6 Å². The van der Waals surface area contributed by atoms with Gasteiger partial charge in [0.1, 0.15) is 5.82 Å².